The number of carbonyl (C=O) groups excluding carboxylic acids is 2. The minimum absolute atomic E-state index is 0.00497. The number of anilines is 1. The molecule has 1 heterocycles. The van der Waals surface area contributed by atoms with Crippen LogP contribution in [0.15, 0.2) is 18.3 Å². The molecule has 1 amide bonds. The van der Waals surface area contributed by atoms with Crippen molar-refractivity contribution in [2.45, 2.75) is 110 Å². The molecule has 0 spiro atoms. The highest BCUT2D eigenvalue weighted by molar-refractivity contribution is 7.87. The van der Waals surface area contributed by atoms with Crippen LogP contribution in [0.1, 0.15) is 91.0 Å². The van der Waals surface area contributed by atoms with Crippen LogP contribution in [0, 0.1) is 22.7 Å². The van der Waals surface area contributed by atoms with Crippen molar-refractivity contribution in [3.8, 4) is 0 Å². The van der Waals surface area contributed by atoms with E-state index in [9.17, 15) is 18.0 Å². The first-order valence-electron chi connectivity index (χ1n) is 14.8. The molecule has 2 bridgehead atoms. The van der Waals surface area contributed by atoms with Crippen molar-refractivity contribution in [2.75, 3.05) is 12.3 Å². The molecule has 10 nitrogen and oxygen atoms in total. The Balaban J connectivity index is 1.50. The maximum absolute atomic E-state index is 13.7. The van der Waals surface area contributed by atoms with E-state index in [2.05, 4.69) is 40.5 Å². The van der Waals surface area contributed by atoms with E-state index >= 15 is 0 Å². The molecule has 0 radical (unpaired) electrons. The van der Waals surface area contributed by atoms with Crippen molar-refractivity contribution in [2.24, 2.45) is 22.7 Å². The van der Waals surface area contributed by atoms with Gasteiger partial charge in [-0.05, 0) is 66.9 Å². The maximum Gasteiger partial charge on any atom is 0.324 e. The fourth-order valence-corrected chi connectivity index (χ4v) is 8.48. The molecule has 40 heavy (non-hydrogen) atoms. The van der Waals surface area contributed by atoms with Crippen molar-refractivity contribution in [3.63, 3.8) is 0 Å². The first kappa shape index (κ1) is 30.7. The summed E-state index contributed by atoms with van der Waals surface area (Å²) in [6.45, 7) is 8.59. The summed E-state index contributed by atoms with van der Waals surface area (Å²) in [6, 6.07) is 1.16. The van der Waals surface area contributed by atoms with Gasteiger partial charge in [-0.15, -0.1) is 0 Å². The van der Waals surface area contributed by atoms with Gasteiger partial charge in [-0.3, -0.25) is 9.59 Å². The second-order valence-electron chi connectivity index (χ2n) is 12.8. The van der Waals surface area contributed by atoms with Gasteiger partial charge in [0.05, 0.1) is 6.61 Å². The van der Waals surface area contributed by atoms with E-state index in [4.69, 9.17) is 10.5 Å². The molecule has 1 aromatic heterocycles. The van der Waals surface area contributed by atoms with Gasteiger partial charge < -0.3 is 15.8 Å². The molecule has 5 N–H and O–H groups in total. The van der Waals surface area contributed by atoms with Gasteiger partial charge in [-0.25, -0.2) is 4.98 Å². The van der Waals surface area contributed by atoms with Gasteiger partial charge >= 0.3 is 5.97 Å². The van der Waals surface area contributed by atoms with Gasteiger partial charge in [0.15, 0.2) is 0 Å². The van der Waals surface area contributed by atoms with Gasteiger partial charge in [-0.1, -0.05) is 58.9 Å². The van der Waals surface area contributed by atoms with E-state index in [-0.39, 0.29) is 41.7 Å². The standard InChI is InChI=1S/C29H47N5O5S/c1-5-39-27(36)23(16-20-11-12-25(30)31-18-20)34-40(37,38)33-22(15-19-9-7-6-8-10-19)26(35)32-24-17-21-13-14-29(24,4)28(21,2)3/h11-12,18-19,21-24,33-34H,5-10,13-17H2,1-4H3,(H2,30,31)(H,32,35)/t21-,22+,23?,24+,29+/m1/s1. The number of nitrogen functional groups attached to an aromatic ring is 1. The van der Waals surface area contributed by atoms with E-state index in [0.717, 1.165) is 44.9 Å². The molecule has 3 saturated carbocycles. The Kier molecular flexibility index (Phi) is 9.46. The number of pyridine rings is 1. The maximum atomic E-state index is 13.7. The minimum Gasteiger partial charge on any atom is -0.465 e. The van der Waals surface area contributed by atoms with Gasteiger partial charge in [0.1, 0.15) is 17.9 Å². The lowest BCUT2D eigenvalue weighted by Crippen LogP contribution is -2.57. The molecule has 3 aliphatic rings. The summed E-state index contributed by atoms with van der Waals surface area (Å²) < 4.78 is 37.1. The number of hydrogen-bond donors (Lipinski definition) is 4. The molecule has 3 aliphatic carbocycles. The number of fused-ring (bicyclic) bond motifs is 2. The molecule has 3 fully saturated rings. The zero-order valence-corrected chi connectivity index (χ0v) is 25.2. The Morgan fingerprint density at radius 1 is 1.10 bits per heavy atom. The largest absolute Gasteiger partial charge is 0.465 e. The molecule has 5 atom stereocenters. The third kappa shape index (κ3) is 6.79. The molecule has 0 aliphatic heterocycles. The smallest absolute Gasteiger partial charge is 0.324 e. The monoisotopic (exact) mass is 577 g/mol. The van der Waals surface area contributed by atoms with E-state index in [1.165, 1.54) is 12.6 Å². The molecular formula is C29H47N5O5S. The number of hydrogen-bond acceptors (Lipinski definition) is 7. The Hall–Kier alpha value is -2.24. The lowest BCUT2D eigenvalue weighted by Gasteiger charge is -2.40. The molecule has 1 unspecified atom stereocenters. The zero-order chi connectivity index (χ0) is 29.1. The highest BCUT2D eigenvalue weighted by Gasteiger charge is 2.61. The van der Waals surface area contributed by atoms with Crippen LogP contribution < -0.4 is 20.5 Å². The number of nitrogens with two attached hydrogens (primary N) is 1. The molecular weight excluding hydrogens is 530 g/mol. The number of rotatable bonds is 12. The summed E-state index contributed by atoms with van der Waals surface area (Å²) in [5.74, 6) is 0.145. The average Bonchev–Trinajstić information content (AvgIpc) is 3.23. The highest BCUT2D eigenvalue weighted by atomic mass is 32.2. The Bertz CT molecular complexity index is 1150. The van der Waals surface area contributed by atoms with E-state index in [1.54, 1.807) is 19.1 Å². The summed E-state index contributed by atoms with van der Waals surface area (Å²) in [6.07, 6.45) is 10.4. The lowest BCUT2D eigenvalue weighted by molar-refractivity contribution is -0.145. The fraction of sp³-hybridized carbons (Fsp3) is 0.759. The number of amides is 1. The number of carbonyl (C=O) groups is 2. The van der Waals surface area contributed by atoms with Gasteiger partial charge in [-0.2, -0.15) is 17.9 Å². The summed E-state index contributed by atoms with van der Waals surface area (Å²) >= 11 is 0. The summed E-state index contributed by atoms with van der Waals surface area (Å²) in [5.41, 5.74) is 6.38. The fourth-order valence-electron chi connectivity index (χ4n) is 7.28. The van der Waals surface area contributed by atoms with Gasteiger partial charge in [0.2, 0.25) is 5.91 Å². The first-order chi connectivity index (χ1) is 18.8. The highest BCUT2D eigenvalue weighted by Crippen LogP contribution is 2.65. The van der Waals surface area contributed by atoms with Crippen molar-refractivity contribution in [1.82, 2.24) is 19.7 Å². The minimum atomic E-state index is -4.26. The predicted molar refractivity (Wildman–Crippen MR) is 154 cm³/mol. The van der Waals surface area contributed by atoms with Gasteiger partial charge in [0, 0.05) is 18.7 Å². The van der Waals surface area contributed by atoms with Crippen LogP contribution >= 0.6 is 0 Å². The molecule has 4 rings (SSSR count). The molecule has 1 aromatic rings. The predicted octanol–water partition coefficient (Wildman–Crippen LogP) is 3.23. The summed E-state index contributed by atoms with van der Waals surface area (Å²) in [4.78, 5) is 30.5. The normalized spacial score (nSPS) is 27.7. The third-order valence-electron chi connectivity index (χ3n) is 10.2. The van der Waals surface area contributed by atoms with E-state index < -0.39 is 28.3 Å². The van der Waals surface area contributed by atoms with E-state index in [0.29, 0.717) is 23.7 Å². The number of nitrogens with zero attached hydrogens (tertiary/aromatic N) is 1. The molecule has 0 saturated heterocycles. The third-order valence-corrected chi connectivity index (χ3v) is 11.4. The number of ether oxygens (including phenoxy) is 1. The van der Waals surface area contributed by atoms with Gasteiger partial charge in [0.25, 0.3) is 10.2 Å². The Labute approximate surface area is 239 Å². The molecule has 224 valence electrons. The van der Waals surface area contributed by atoms with Crippen LogP contribution in [-0.2, 0) is 31.0 Å². The molecule has 0 aromatic carbocycles. The second kappa shape index (κ2) is 12.3. The van der Waals surface area contributed by atoms with E-state index in [1.807, 2.05) is 0 Å². The lowest BCUT2D eigenvalue weighted by atomic mass is 9.69. The SMILES string of the molecule is CCOC(=O)C(Cc1ccc(N)nc1)NS(=O)(=O)N[C@@H](CC1CCCCC1)C(=O)N[C@H]1C[C@H]2CC[C@]1(C)C2(C)C. The van der Waals surface area contributed by atoms with Crippen LogP contribution in [0.3, 0.4) is 0 Å². The number of esters is 1. The number of aromatic nitrogens is 1. The van der Waals surface area contributed by atoms with Crippen molar-refractivity contribution in [1.29, 1.82) is 0 Å². The van der Waals surface area contributed by atoms with Crippen LogP contribution in [-0.4, -0.2) is 50.0 Å². The van der Waals surface area contributed by atoms with Crippen LogP contribution in [0.4, 0.5) is 5.82 Å². The number of nitrogens with one attached hydrogen (secondary N) is 3. The average molecular weight is 578 g/mol. The topological polar surface area (TPSA) is 153 Å². The van der Waals surface area contributed by atoms with Crippen LogP contribution in [0.25, 0.3) is 0 Å². The molecule has 11 heteroatoms. The Morgan fingerprint density at radius 3 is 2.38 bits per heavy atom. The van der Waals surface area contributed by atoms with Crippen molar-refractivity contribution in [3.05, 3.63) is 23.9 Å². The first-order valence-corrected chi connectivity index (χ1v) is 16.3. The van der Waals surface area contributed by atoms with Crippen LogP contribution in [0.2, 0.25) is 0 Å². The second-order valence-corrected chi connectivity index (χ2v) is 14.3. The summed E-state index contributed by atoms with van der Waals surface area (Å²) in [5, 5.41) is 3.25. The van der Waals surface area contributed by atoms with Crippen LogP contribution in [0.5, 0.6) is 0 Å². The zero-order valence-electron chi connectivity index (χ0n) is 24.4. The quantitative estimate of drug-likeness (QED) is 0.278. The van der Waals surface area contributed by atoms with Crippen molar-refractivity contribution >= 4 is 27.9 Å². The summed E-state index contributed by atoms with van der Waals surface area (Å²) in [7, 11) is -4.26. The van der Waals surface area contributed by atoms with Crippen molar-refractivity contribution < 1.29 is 22.7 Å². The Morgan fingerprint density at radius 2 is 1.80 bits per heavy atom.